The van der Waals surface area contributed by atoms with E-state index >= 15 is 0 Å². The molecule has 0 unspecified atom stereocenters. The van der Waals surface area contributed by atoms with Gasteiger partial charge in [0.2, 0.25) is 0 Å². The maximum Gasteiger partial charge on any atom is 0.270 e. The van der Waals surface area contributed by atoms with E-state index in [9.17, 15) is 17.2 Å². The van der Waals surface area contributed by atoms with Gasteiger partial charge in [0, 0.05) is 24.9 Å². The summed E-state index contributed by atoms with van der Waals surface area (Å²) in [6.45, 7) is 1.49. The van der Waals surface area contributed by atoms with Crippen molar-refractivity contribution in [2.45, 2.75) is 11.8 Å². The number of sulfonamides is 1. The number of hydrogen-bond donors (Lipinski definition) is 0. The van der Waals surface area contributed by atoms with Crippen LogP contribution in [0.5, 0.6) is 0 Å². The average molecular weight is 364 g/mol. The molecule has 10 heteroatoms. The molecule has 0 fully saturated rings. The average Bonchev–Trinajstić information content (AvgIpc) is 2.52. The molecule has 23 heavy (non-hydrogen) atoms. The van der Waals surface area contributed by atoms with Crippen LogP contribution in [0.25, 0.3) is 0 Å². The fraction of sp³-hybridized carbons (Fsp3) is 0.231. The second kappa shape index (κ2) is 7.16. The lowest BCUT2D eigenvalue weighted by Gasteiger charge is -2.23. The maximum atomic E-state index is 13.9. The van der Waals surface area contributed by atoms with Gasteiger partial charge in [-0.15, -0.1) is 0 Å². The molecular formula is C13H12ClF2N3O3S. The summed E-state index contributed by atoms with van der Waals surface area (Å²) in [4.78, 5) is 6.73. The third-order valence-electron chi connectivity index (χ3n) is 2.78. The summed E-state index contributed by atoms with van der Waals surface area (Å²) >= 11 is 5.57. The Labute approximate surface area is 136 Å². The van der Waals surface area contributed by atoms with Crippen LogP contribution >= 0.6 is 11.6 Å². The highest BCUT2D eigenvalue weighted by molar-refractivity contribution is 7.92. The van der Waals surface area contributed by atoms with Crippen molar-refractivity contribution in [3.05, 3.63) is 47.4 Å². The summed E-state index contributed by atoms with van der Waals surface area (Å²) in [6.07, 6.45) is 2.46. The number of aromatic nitrogens is 2. The van der Waals surface area contributed by atoms with Gasteiger partial charge in [0.15, 0.2) is 0 Å². The standard InChI is InChI=1S/C13H12ClF2N3O3S/c1-2-22-8-19(13-3-4-17-7-18-13)23(20,21)12-5-9(14)10(15)6-11(12)16/h3-7H,2,8H2,1H3. The molecule has 2 aromatic rings. The third kappa shape index (κ3) is 3.74. The first-order chi connectivity index (χ1) is 10.9. The molecule has 0 aliphatic carbocycles. The molecule has 0 aliphatic heterocycles. The number of nitrogens with zero attached hydrogens (tertiary/aromatic N) is 3. The molecule has 0 spiro atoms. The minimum Gasteiger partial charge on any atom is -0.360 e. The summed E-state index contributed by atoms with van der Waals surface area (Å²) < 4.78 is 58.4. The molecular weight excluding hydrogens is 352 g/mol. The van der Waals surface area contributed by atoms with Gasteiger partial charge in [-0.2, -0.15) is 0 Å². The number of halogens is 3. The Kier molecular flexibility index (Phi) is 5.45. The van der Waals surface area contributed by atoms with E-state index in [1.807, 2.05) is 0 Å². The monoisotopic (exact) mass is 363 g/mol. The molecule has 0 radical (unpaired) electrons. The van der Waals surface area contributed by atoms with Crippen molar-refractivity contribution in [2.24, 2.45) is 0 Å². The van der Waals surface area contributed by atoms with Crippen LogP contribution in [0, 0.1) is 11.6 Å². The molecule has 0 amide bonds. The van der Waals surface area contributed by atoms with E-state index < -0.39 is 38.3 Å². The number of anilines is 1. The molecule has 124 valence electrons. The Balaban J connectivity index is 2.55. The summed E-state index contributed by atoms with van der Waals surface area (Å²) in [7, 11) is -4.40. The summed E-state index contributed by atoms with van der Waals surface area (Å²) in [6, 6.07) is 2.44. The van der Waals surface area contributed by atoms with Crippen LogP contribution in [0.2, 0.25) is 5.02 Å². The molecule has 1 aromatic carbocycles. The van der Waals surface area contributed by atoms with Gasteiger partial charge in [-0.3, -0.25) is 0 Å². The van der Waals surface area contributed by atoms with Gasteiger partial charge in [0.05, 0.1) is 5.02 Å². The first-order valence-corrected chi connectivity index (χ1v) is 8.20. The first kappa shape index (κ1) is 17.5. The predicted molar refractivity (Wildman–Crippen MR) is 79.6 cm³/mol. The van der Waals surface area contributed by atoms with E-state index in [1.165, 1.54) is 12.3 Å². The van der Waals surface area contributed by atoms with Gasteiger partial charge in [-0.05, 0) is 13.0 Å². The molecule has 0 saturated carbocycles. The van der Waals surface area contributed by atoms with E-state index in [-0.39, 0.29) is 12.4 Å². The van der Waals surface area contributed by atoms with Crippen LogP contribution in [-0.4, -0.2) is 31.7 Å². The van der Waals surface area contributed by atoms with Crippen LogP contribution in [0.15, 0.2) is 35.6 Å². The quantitative estimate of drug-likeness (QED) is 0.582. The van der Waals surface area contributed by atoms with Crippen molar-refractivity contribution in [3.63, 3.8) is 0 Å². The summed E-state index contributed by atoms with van der Waals surface area (Å²) in [5, 5.41) is -0.510. The Bertz CT molecular complexity index is 791. The number of benzene rings is 1. The van der Waals surface area contributed by atoms with Crippen molar-refractivity contribution < 1.29 is 21.9 Å². The van der Waals surface area contributed by atoms with Gasteiger partial charge < -0.3 is 4.74 Å². The van der Waals surface area contributed by atoms with Crippen molar-refractivity contribution in [1.82, 2.24) is 9.97 Å². The molecule has 0 bridgehead atoms. The third-order valence-corrected chi connectivity index (χ3v) is 4.81. The second-order valence-electron chi connectivity index (χ2n) is 4.24. The van der Waals surface area contributed by atoms with Crippen molar-refractivity contribution >= 4 is 27.4 Å². The lowest BCUT2D eigenvalue weighted by molar-refractivity contribution is 0.157. The van der Waals surface area contributed by atoms with E-state index in [1.54, 1.807) is 6.92 Å². The van der Waals surface area contributed by atoms with Crippen LogP contribution in [-0.2, 0) is 14.8 Å². The van der Waals surface area contributed by atoms with Crippen LogP contribution in [0.1, 0.15) is 6.92 Å². The zero-order valence-corrected chi connectivity index (χ0v) is 13.5. The fourth-order valence-electron chi connectivity index (χ4n) is 1.68. The van der Waals surface area contributed by atoms with Gasteiger partial charge in [0.1, 0.15) is 35.4 Å². The number of hydrogen-bond acceptors (Lipinski definition) is 5. The van der Waals surface area contributed by atoms with E-state index in [2.05, 4.69) is 9.97 Å². The molecule has 0 aliphatic rings. The molecule has 0 N–H and O–H groups in total. The van der Waals surface area contributed by atoms with Crippen molar-refractivity contribution in [2.75, 3.05) is 17.6 Å². The van der Waals surface area contributed by atoms with E-state index in [0.29, 0.717) is 12.1 Å². The molecule has 2 rings (SSSR count). The number of rotatable bonds is 6. The largest absolute Gasteiger partial charge is 0.360 e. The first-order valence-electron chi connectivity index (χ1n) is 6.39. The van der Waals surface area contributed by atoms with E-state index in [4.69, 9.17) is 16.3 Å². The highest BCUT2D eigenvalue weighted by atomic mass is 35.5. The summed E-state index contributed by atoms with van der Waals surface area (Å²) in [5.74, 6) is -2.34. The zero-order chi connectivity index (χ0) is 17.0. The van der Waals surface area contributed by atoms with Gasteiger partial charge in [0.25, 0.3) is 10.0 Å². The molecule has 1 aromatic heterocycles. The fourth-order valence-corrected chi connectivity index (χ4v) is 3.29. The SMILES string of the molecule is CCOCN(c1ccncn1)S(=O)(=O)c1cc(Cl)c(F)cc1F. The van der Waals surface area contributed by atoms with Crippen LogP contribution < -0.4 is 4.31 Å². The second-order valence-corrected chi connectivity index (χ2v) is 6.48. The van der Waals surface area contributed by atoms with E-state index in [0.717, 1.165) is 10.6 Å². The highest BCUT2D eigenvalue weighted by Crippen LogP contribution is 2.27. The lowest BCUT2D eigenvalue weighted by Crippen LogP contribution is -2.34. The Morgan fingerprint density at radius 3 is 2.65 bits per heavy atom. The topological polar surface area (TPSA) is 72.4 Å². The van der Waals surface area contributed by atoms with Gasteiger partial charge in [-0.1, -0.05) is 11.6 Å². The molecule has 6 nitrogen and oxygen atoms in total. The van der Waals surface area contributed by atoms with Crippen LogP contribution in [0.3, 0.4) is 0 Å². The van der Waals surface area contributed by atoms with Crippen LogP contribution in [0.4, 0.5) is 14.6 Å². The maximum absolute atomic E-state index is 13.9. The normalized spacial score (nSPS) is 11.5. The lowest BCUT2D eigenvalue weighted by atomic mass is 10.3. The van der Waals surface area contributed by atoms with Gasteiger partial charge in [-0.25, -0.2) is 31.5 Å². The molecule has 1 heterocycles. The molecule has 0 atom stereocenters. The van der Waals surface area contributed by atoms with Gasteiger partial charge >= 0.3 is 0 Å². The zero-order valence-electron chi connectivity index (χ0n) is 11.9. The Morgan fingerprint density at radius 2 is 2.04 bits per heavy atom. The molecule has 0 saturated heterocycles. The predicted octanol–water partition coefficient (Wildman–Crippen LogP) is 2.60. The van der Waals surface area contributed by atoms with Crippen molar-refractivity contribution in [3.8, 4) is 0 Å². The van der Waals surface area contributed by atoms with Crippen molar-refractivity contribution in [1.29, 1.82) is 0 Å². The Morgan fingerprint density at radius 1 is 1.30 bits per heavy atom. The minimum absolute atomic E-state index is 0.0201. The summed E-state index contributed by atoms with van der Waals surface area (Å²) in [5.41, 5.74) is 0. The number of ether oxygens (including phenoxy) is 1. The smallest absolute Gasteiger partial charge is 0.270 e. The Hall–Kier alpha value is -1.84. The minimum atomic E-state index is -4.40. The highest BCUT2D eigenvalue weighted by Gasteiger charge is 2.30.